The van der Waals surface area contributed by atoms with Gasteiger partial charge in [-0.05, 0) is 32.9 Å². The Morgan fingerprint density at radius 3 is 2.19 bits per heavy atom. The summed E-state index contributed by atoms with van der Waals surface area (Å²) >= 11 is 0. The third-order valence-electron chi connectivity index (χ3n) is 3.11. The number of nitrogens with two attached hydrogens (primary N) is 1. The number of unbranched alkanes of at least 4 members (excludes halogenated alkanes) is 6. The highest BCUT2D eigenvalue weighted by molar-refractivity contribution is 4.60. The molecule has 0 spiro atoms. The summed E-state index contributed by atoms with van der Waals surface area (Å²) in [6, 6.07) is 0.669. The Labute approximate surface area is 102 Å². The topological polar surface area (TPSA) is 38.0 Å². The van der Waals surface area contributed by atoms with Crippen LogP contribution in [0, 0.1) is 0 Å². The molecule has 0 rings (SSSR count). The standard InChI is InChI=1S/C14H32N2/c1-3-4-5-6-7-8-9-11-14(2)16-13-10-12-15/h14,16H,3-13,15H2,1-2H3/t14-/m0/s1. The molecule has 0 unspecified atom stereocenters. The van der Waals surface area contributed by atoms with Gasteiger partial charge in [0, 0.05) is 6.04 Å². The first-order valence-electron chi connectivity index (χ1n) is 7.24. The van der Waals surface area contributed by atoms with Gasteiger partial charge in [-0.1, -0.05) is 51.9 Å². The summed E-state index contributed by atoms with van der Waals surface area (Å²) < 4.78 is 0. The van der Waals surface area contributed by atoms with Crippen LogP contribution in [-0.4, -0.2) is 19.1 Å². The highest BCUT2D eigenvalue weighted by atomic mass is 14.9. The van der Waals surface area contributed by atoms with E-state index in [1.54, 1.807) is 0 Å². The molecule has 0 aliphatic heterocycles. The van der Waals surface area contributed by atoms with Gasteiger partial charge in [-0.15, -0.1) is 0 Å². The molecule has 2 nitrogen and oxygen atoms in total. The monoisotopic (exact) mass is 228 g/mol. The maximum atomic E-state index is 5.45. The fourth-order valence-corrected chi connectivity index (χ4v) is 1.96. The summed E-state index contributed by atoms with van der Waals surface area (Å²) in [5.74, 6) is 0. The summed E-state index contributed by atoms with van der Waals surface area (Å²) in [6.07, 6.45) is 12.3. The SMILES string of the molecule is CCCCCCCCC[C@H](C)NCCCN. The normalized spacial score (nSPS) is 12.9. The van der Waals surface area contributed by atoms with E-state index < -0.39 is 0 Å². The molecule has 0 aliphatic carbocycles. The third-order valence-corrected chi connectivity index (χ3v) is 3.11. The number of nitrogens with one attached hydrogen (secondary N) is 1. The largest absolute Gasteiger partial charge is 0.330 e. The van der Waals surface area contributed by atoms with E-state index in [1.165, 1.54) is 51.4 Å². The van der Waals surface area contributed by atoms with Crippen LogP contribution in [0.5, 0.6) is 0 Å². The minimum Gasteiger partial charge on any atom is -0.330 e. The molecule has 0 aromatic carbocycles. The van der Waals surface area contributed by atoms with Crippen molar-refractivity contribution in [2.24, 2.45) is 5.73 Å². The van der Waals surface area contributed by atoms with Gasteiger partial charge in [-0.3, -0.25) is 0 Å². The fourth-order valence-electron chi connectivity index (χ4n) is 1.96. The average molecular weight is 228 g/mol. The summed E-state index contributed by atoms with van der Waals surface area (Å²) in [4.78, 5) is 0. The van der Waals surface area contributed by atoms with Gasteiger partial charge in [0.25, 0.3) is 0 Å². The van der Waals surface area contributed by atoms with Gasteiger partial charge < -0.3 is 11.1 Å². The van der Waals surface area contributed by atoms with E-state index in [9.17, 15) is 0 Å². The molecular weight excluding hydrogens is 196 g/mol. The van der Waals surface area contributed by atoms with Crippen LogP contribution in [0.15, 0.2) is 0 Å². The molecule has 0 heterocycles. The van der Waals surface area contributed by atoms with Crippen molar-refractivity contribution in [3.8, 4) is 0 Å². The quantitative estimate of drug-likeness (QED) is 0.502. The molecule has 16 heavy (non-hydrogen) atoms. The van der Waals surface area contributed by atoms with Crippen molar-refractivity contribution in [3.05, 3.63) is 0 Å². The summed E-state index contributed by atoms with van der Waals surface area (Å²) in [5, 5.41) is 3.51. The molecule has 0 fully saturated rings. The van der Waals surface area contributed by atoms with Gasteiger partial charge >= 0.3 is 0 Å². The maximum Gasteiger partial charge on any atom is 0.00387 e. The molecule has 0 radical (unpaired) electrons. The Morgan fingerprint density at radius 1 is 0.938 bits per heavy atom. The second kappa shape index (κ2) is 13.0. The Balaban J connectivity index is 3.06. The van der Waals surface area contributed by atoms with Crippen molar-refractivity contribution >= 4 is 0 Å². The number of hydrogen-bond acceptors (Lipinski definition) is 2. The van der Waals surface area contributed by atoms with Crippen LogP contribution in [0.2, 0.25) is 0 Å². The molecule has 0 saturated carbocycles. The van der Waals surface area contributed by atoms with Crippen LogP contribution in [0.25, 0.3) is 0 Å². The predicted molar refractivity (Wildman–Crippen MR) is 73.7 cm³/mol. The average Bonchev–Trinajstić information content (AvgIpc) is 2.28. The highest BCUT2D eigenvalue weighted by Gasteiger charge is 1.99. The Hall–Kier alpha value is -0.0800. The van der Waals surface area contributed by atoms with Gasteiger partial charge in [0.1, 0.15) is 0 Å². The van der Waals surface area contributed by atoms with Crippen molar-refractivity contribution in [2.45, 2.75) is 77.7 Å². The molecule has 98 valence electrons. The van der Waals surface area contributed by atoms with Crippen LogP contribution in [0.3, 0.4) is 0 Å². The molecule has 0 aromatic heterocycles. The van der Waals surface area contributed by atoms with E-state index in [0.29, 0.717) is 6.04 Å². The van der Waals surface area contributed by atoms with Crippen molar-refractivity contribution < 1.29 is 0 Å². The minimum absolute atomic E-state index is 0.669. The summed E-state index contributed by atoms with van der Waals surface area (Å²) in [7, 11) is 0. The second-order valence-electron chi connectivity index (χ2n) is 4.91. The van der Waals surface area contributed by atoms with E-state index >= 15 is 0 Å². The van der Waals surface area contributed by atoms with E-state index in [4.69, 9.17) is 5.73 Å². The van der Waals surface area contributed by atoms with E-state index in [-0.39, 0.29) is 0 Å². The van der Waals surface area contributed by atoms with Crippen LogP contribution in [-0.2, 0) is 0 Å². The van der Waals surface area contributed by atoms with Crippen LogP contribution in [0.1, 0.15) is 71.6 Å². The lowest BCUT2D eigenvalue weighted by molar-refractivity contribution is 0.475. The van der Waals surface area contributed by atoms with Gasteiger partial charge in [-0.2, -0.15) is 0 Å². The first kappa shape index (κ1) is 15.9. The molecule has 0 aliphatic rings. The molecule has 0 aromatic rings. The molecule has 2 heteroatoms. The molecule has 3 N–H and O–H groups in total. The lowest BCUT2D eigenvalue weighted by Crippen LogP contribution is -2.28. The third kappa shape index (κ3) is 12.0. The number of hydrogen-bond donors (Lipinski definition) is 2. The van der Waals surface area contributed by atoms with Crippen LogP contribution < -0.4 is 11.1 Å². The molecule has 1 atom stereocenters. The zero-order valence-electron chi connectivity index (χ0n) is 11.4. The highest BCUT2D eigenvalue weighted by Crippen LogP contribution is 2.09. The smallest absolute Gasteiger partial charge is 0.00387 e. The fraction of sp³-hybridized carbons (Fsp3) is 1.00. The molecule has 0 amide bonds. The zero-order chi connectivity index (χ0) is 12.1. The maximum absolute atomic E-state index is 5.45. The second-order valence-corrected chi connectivity index (χ2v) is 4.91. The predicted octanol–water partition coefficient (Wildman–Crippen LogP) is 3.45. The van der Waals surface area contributed by atoms with Crippen molar-refractivity contribution in [1.29, 1.82) is 0 Å². The first-order valence-corrected chi connectivity index (χ1v) is 7.24. The summed E-state index contributed by atoms with van der Waals surface area (Å²) in [5.41, 5.74) is 5.45. The Morgan fingerprint density at radius 2 is 1.56 bits per heavy atom. The zero-order valence-corrected chi connectivity index (χ0v) is 11.4. The van der Waals surface area contributed by atoms with E-state index in [1.807, 2.05) is 0 Å². The van der Waals surface area contributed by atoms with E-state index in [2.05, 4.69) is 19.2 Å². The first-order chi connectivity index (χ1) is 7.81. The van der Waals surface area contributed by atoms with Gasteiger partial charge in [0.15, 0.2) is 0 Å². The lowest BCUT2D eigenvalue weighted by atomic mass is 10.1. The van der Waals surface area contributed by atoms with Gasteiger partial charge in [-0.25, -0.2) is 0 Å². The number of rotatable bonds is 12. The van der Waals surface area contributed by atoms with Gasteiger partial charge in [0.2, 0.25) is 0 Å². The van der Waals surface area contributed by atoms with Crippen molar-refractivity contribution in [1.82, 2.24) is 5.32 Å². The van der Waals surface area contributed by atoms with Gasteiger partial charge in [0.05, 0.1) is 0 Å². The summed E-state index contributed by atoms with van der Waals surface area (Å²) in [6.45, 7) is 6.44. The molecular formula is C14H32N2. The van der Waals surface area contributed by atoms with Crippen molar-refractivity contribution in [3.63, 3.8) is 0 Å². The molecule has 0 bridgehead atoms. The van der Waals surface area contributed by atoms with Crippen molar-refractivity contribution in [2.75, 3.05) is 13.1 Å². The Kier molecular flexibility index (Phi) is 12.9. The Bertz CT molecular complexity index is 126. The van der Waals surface area contributed by atoms with Crippen LogP contribution >= 0.6 is 0 Å². The van der Waals surface area contributed by atoms with Crippen LogP contribution in [0.4, 0.5) is 0 Å². The minimum atomic E-state index is 0.669. The lowest BCUT2D eigenvalue weighted by Gasteiger charge is -2.13. The van der Waals surface area contributed by atoms with E-state index in [0.717, 1.165) is 19.5 Å². The molecule has 0 saturated heterocycles.